The second-order valence-corrected chi connectivity index (χ2v) is 4.36. The fourth-order valence-electron chi connectivity index (χ4n) is 1.34. The lowest BCUT2D eigenvalue weighted by Gasteiger charge is -2.24. The zero-order valence-corrected chi connectivity index (χ0v) is 9.25. The van der Waals surface area contributed by atoms with Crippen molar-refractivity contribution in [2.75, 3.05) is 20.2 Å². The summed E-state index contributed by atoms with van der Waals surface area (Å²) in [5.74, 6) is 0.0805. The molecule has 0 aromatic carbocycles. The van der Waals surface area contributed by atoms with E-state index in [1.165, 1.54) is 0 Å². The van der Waals surface area contributed by atoms with E-state index in [4.69, 9.17) is 10.5 Å². The Hall–Kier alpha value is -0.610. The molecule has 0 aliphatic carbocycles. The average Bonchev–Trinajstić information content (AvgIpc) is 2.45. The first-order chi connectivity index (χ1) is 6.46. The Bertz CT molecular complexity index is 216. The zero-order chi connectivity index (χ0) is 10.8. The molecule has 2 N–H and O–H groups in total. The fourth-order valence-corrected chi connectivity index (χ4v) is 1.34. The highest BCUT2D eigenvalue weighted by atomic mass is 16.5. The third-order valence-corrected chi connectivity index (χ3v) is 2.80. The summed E-state index contributed by atoms with van der Waals surface area (Å²) in [7, 11) is 1.80. The van der Waals surface area contributed by atoms with Crippen molar-refractivity contribution in [2.45, 2.75) is 38.3 Å². The molecule has 2 unspecified atom stereocenters. The molecule has 0 aromatic rings. The fraction of sp³-hybridized carbons (Fsp3) is 0.900. The Morgan fingerprint density at radius 2 is 2.36 bits per heavy atom. The quantitative estimate of drug-likeness (QED) is 0.713. The molecule has 1 fully saturated rings. The summed E-state index contributed by atoms with van der Waals surface area (Å²) >= 11 is 0. The Morgan fingerprint density at radius 1 is 1.71 bits per heavy atom. The number of ether oxygens (including phenoxy) is 1. The van der Waals surface area contributed by atoms with Gasteiger partial charge in [-0.15, -0.1) is 0 Å². The molecule has 1 aliphatic heterocycles. The van der Waals surface area contributed by atoms with Gasteiger partial charge in [0.15, 0.2) is 0 Å². The maximum absolute atomic E-state index is 11.5. The minimum atomic E-state index is -0.318. The van der Waals surface area contributed by atoms with E-state index >= 15 is 0 Å². The molecule has 14 heavy (non-hydrogen) atoms. The molecule has 0 aromatic heterocycles. The molecule has 0 radical (unpaired) electrons. The summed E-state index contributed by atoms with van der Waals surface area (Å²) in [4.78, 5) is 13.2. The molecule has 1 saturated heterocycles. The molecule has 4 heteroatoms. The van der Waals surface area contributed by atoms with E-state index in [-0.39, 0.29) is 17.6 Å². The molecule has 1 heterocycles. The third kappa shape index (κ3) is 2.69. The number of nitrogens with zero attached hydrogens (tertiary/aromatic N) is 1. The van der Waals surface area contributed by atoms with Crippen molar-refractivity contribution in [1.29, 1.82) is 0 Å². The summed E-state index contributed by atoms with van der Waals surface area (Å²) in [6.07, 6.45) is 1.37. The molecule has 82 valence electrons. The normalized spacial score (nSPS) is 26.7. The highest BCUT2D eigenvalue weighted by Crippen LogP contribution is 2.15. The Labute approximate surface area is 85.4 Å². The second kappa shape index (κ2) is 4.28. The summed E-state index contributed by atoms with van der Waals surface area (Å²) in [5.41, 5.74) is 5.61. The molecule has 4 nitrogen and oxygen atoms in total. The second-order valence-electron chi connectivity index (χ2n) is 4.36. The lowest BCUT2D eigenvalue weighted by molar-refractivity contribution is -0.137. The molecule has 0 bridgehead atoms. The van der Waals surface area contributed by atoms with Crippen LogP contribution in [0.5, 0.6) is 0 Å². The van der Waals surface area contributed by atoms with E-state index < -0.39 is 0 Å². The zero-order valence-electron chi connectivity index (χ0n) is 9.25. The minimum absolute atomic E-state index is 0.0805. The van der Waals surface area contributed by atoms with Gasteiger partial charge in [0, 0.05) is 25.6 Å². The molecule has 0 saturated carbocycles. The van der Waals surface area contributed by atoms with Gasteiger partial charge in [-0.3, -0.25) is 4.79 Å². The highest BCUT2D eigenvalue weighted by molar-refractivity contribution is 5.82. The number of rotatable bonds is 4. The molecule has 1 aliphatic rings. The summed E-state index contributed by atoms with van der Waals surface area (Å²) in [6.45, 7) is 5.20. The van der Waals surface area contributed by atoms with Crippen LogP contribution in [-0.4, -0.2) is 42.6 Å². The lowest BCUT2D eigenvalue weighted by Crippen LogP contribution is -2.42. The molecule has 1 rings (SSSR count). The van der Waals surface area contributed by atoms with Gasteiger partial charge in [0.05, 0.1) is 6.61 Å². The first-order valence-corrected chi connectivity index (χ1v) is 5.12. The predicted octanol–water partition coefficient (Wildman–Crippen LogP) is 0.361. The highest BCUT2D eigenvalue weighted by Gasteiger charge is 2.31. The van der Waals surface area contributed by atoms with Crippen LogP contribution in [0.2, 0.25) is 0 Å². The van der Waals surface area contributed by atoms with Crippen LogP contribution in [-0.2, 0) is 9.53 Å². The van der Waals surface area contributed by atoms with E-state index in [1.807, 2.05) is 13.8 Å². The van der Waals surface area contributed by atoms with E-state index in [2.05, 4.69) is 0 Å². The van der Waals surface area contributed by atoms with Crippen molar-refractivity contribution in [3.05, 3.63) is 0 Å². The Kier molecular flexibility index (Phi) is 3.50. The van der Waals surface area contributed by atoms with Gasteiger partial charge >= 0.3 is 0 Å². The van der Waals surface area contributed by atoms with Gasteiger partial charge in [0.25, 0.3) is 5.91 Å². The number of hydrogen-bond donors (Lipinski definition) is 1. The van der Waals surface area contributed by atoms with Crippen molar-refractivity contribution in [3.8, 4) is 0 Å². The number of hydrogen-bond acceptors (Lipinski definition) is 3. The van der Waals surface area contributed by atoms with Crippen molar-refractivity contribution < 1.29 is 9.53 Å². The number of likely N-dealkylation sites (N-methyl/N-ethyl adjacent to an activating group) is 1. The summed E-state index contributed by atoms with van der Waals surface area (Å²) < 4.78 is 5.53. The SMILES string of the molecule is CCC(C)(N)COC1CCN(C)C1=O. The first kappa shape index (κ1) is 11.5. The maximum atomic E-state index is 11.5. The van der Waals surface area contributed by atoms with Crippen LogP contribution in [0.3, 0.4) is 0 Å². The molecule has 0 spiro atoms. The van der Waals surface area contributed by atoms with Crippen LogP contribution >= 0.6 is 0 Å². The standard InChI is InChI=1S/C10H20N2O2/c1-4-10(2,11)7-14-8-5-6-12(3)9(8)13/h8H,4-7,11H2,1-3H3. The van der Waals surface area contributed by atoms with Crippen molar-refractivity contribution in [2.24, 2.45) is 5.73 Å². The van der Waals surface area contributed by atoms with Crippen LogP contribution in [0, 0.1) is 0 Å². The average molecular weight is 200 g/mol. The molecule has 1 amide bonds. The van der Waals surface area contributed by atoms with Gasteiger partial charge in [-0.1, -0.05) is 6.92 Å². The number of carbonyl (C=O) groups is 1. The van der Waals surface area contributed by atoms with Gasteiger partial charge in [-0.05, 0) is 13.3 Å². The van der Waals surface area contributed by atoms with E-state index in [9.17, 15) is 4.79 Å². The van der Waals surface area contributed by atoms with Gasteiger partial charge in [0.1, 0.15) is 6.10 Å². The van der Waals surface area contributed by atoms with Gasteiger partial charge in [-0.25, -0.2) is 0 Å². The van der Waals surface area contributed by atoms with Gasteiger partial charge in [0.2, 0.25) is 0 Å². The minimum Gasteiger partial charge on any atom is -0.366 e. The number of carbonyl (C=O) groups excluding carboxylic acids is 1. The van der Waals surface area contributed by atoms with Crippen LogP contribution in [0.1, 0.15) is 26.7 Å². The Morgan fingerprint density at radius 3 is 2.79 bits per heavy atom. The van der Waals surface area contributed by atoms with Crippen molar-refractivity contribution in [1.82, 2.24) is 4.90 Å². The largest absolute Gasteiger partial charge is 0.366 e. The number of nitrogens with two attached hydrogens (primary N) is 1. The first-order valence-electron chi connectivity index (χ1n) is 5.12. The van der Waals surface area contributed by atoms with Crippen LogP contribution in [0.15, 0.2) is 0 Å². The third-order valence-electron chi connectivity index (χ3n) is 2.80. The van der Waals surface area contributed by atoms with Crippen LogP contribution < -0.4 is 5.73 Å². The van der Waals surface area contributed by atoms with E-state index in [1.54, 1.807) is 11.9 Å². The number of likely N-dealkylation sites (tertiary alicyclic amines) is 1. The van der Waals surface area contributed by atoms with E-state index in [0.717, 1.165) is 19.4 Å². The van der Waals surface area contributed by atoms with Crippen molar-refractivity contribution in [3.63, 3.8) is 0 Å². The topological polar surface area (TPSA) is 55.6 Å². The van der Waals surface area contributed by atoms with E-state index in [0.29, 0.717) is 6.61 Å². The Balaban J connectivity index is 2.36. The monoisotopic (exact) mass is 200 g/mol. The summed E-state index contributed by atoms with van der Waals surface area (Å²) in [5, 5.41) is 0. The molecular weight excluding hydrogens is 180 g/mol. The smallest absolute Gasteiger partial charge is 0.251 e. The number of amides is 1. The van der Waals surface area contributed by atoms with Gasteiger partial charge < -0.3 is 15.4 Å². The maximum Gasteiger partial charge on any atom is 0.251 e. The van der Waals surface area contributed by atoms with Crippen molar-refractivity contribution >= 4 is 5.91 Å². The van der Waals surface area contributed by atoms with Crippen LogP contribution in [0.25, 0.3) is 0 Å². The lowest BCUT2D eigenvalue weighted by atomic mass is 10.0. The van der Waals surface area contributed by atoms with Crippen LogP contribution in [0.4, 0.5) is 0 Å². The predicted molar refractivity (Wildman–Crippen MR) is 54.9 cm³/mol. The van der Waals surface area contributed by atoms with Gasteiger partial charge in [-0.2, -0.15) is 0 Å². The molecular formula is C10H20N2O2. The summed E-state index contributed by atoms with van der Waals surface area (Å²) in [6, 6.07) is 0. The molecule has 2 atom stereocenters.